The number of fused-ring (bicyclic) bond motifs is 1. The predicted octanol–water partition coefficient (Wildman–Crippen LogP) is 2.58. The second-order valence-electron chi connectivity index (χ2n) is 4.99. The SMILES string of the molecule is CCN(CC)C(=O)CCNCc1cccc2cccnc12. The minimum atomic E-state index is 0.212. The number of aromatic nitrogens is 1. The van der Waals surface area contributed by atoms with E-state index in [1.54, 1.807) is 0 Å². The summed E-state index contributed by atoms with van der Waals surface area (Å²) in [4.78, 5) is 18.2. The molecule has 112 valence electrons. The summed E-state index contributed by atoms with van der Waals surface area (Å²) >= 11 is 0. The Morgan fingerprint density at radius 2 is 1.95 bits per heavy atom. The van der Waals surface area contributed by atoms with Gasteiger partial charge in [0.05, 0.1) is 5.52 Å². The fourth-order valence-electron chi connectivity index (χ4n) is 2.46. The van der Waals surface area contributed by atoms with Crippen molar-refractivity contribution < 1.29 is 4.79 Å². The minimum absolute atomic E-state index is 0.212. The van der Waals surface area contributed by atoms with Crippen molar-refractivity contribution in [3.63, 3.8) is 0 Å². The van der Waals surface area contributed by atoms with E-state index in [4.69, 9.17) is 0 Å². The Morgan fingerprint density at radius 3 is 2.71 bits per heavy atom. The molecular weight excluding hydrogens is 262 g/mol. The number of hydrogen-bond donors (Lipinski definition) is 1. The van der Waals surface area contributed by atoms with Gasteiger partial charge in [-0.05, 0) is 25.5 Å². The predicted molar refractivity (Wildman–Crippen MR) is 86.0 cm³/mol. The van der Waals surface area contributed by atoms with Crippen LogP contribution in [0.25, 0.3) is 10.9 Å². The molecule has 1 aromatic carbocycles. The normalized spacial score (nSPS) is 10.8. The van der Waals surface area contributed by atoms with Crippen molar-refractivity contribution in [1.29, 1.82) is 0 Å². The Kier molecular flexibility index (Phi) is 5.69. The Labute approximate surface area is 126 Å². The summed E-state index contributed by atoms with van der Waals surface area (Å²) in [6, 6.07) is 10.2. The fraction of sp³-hybridized carbons (Fsp3) is 0.412. The van der Waals surface area contributed by atoms with Crippen LogP contribution < -0.4 is 5.32 Å². The van der Waals surface area contributed by atoms with Crippen LogP contribution >= 0.6 is 0 Å². The lowest BCUT2D eigenvalue weighted by Gasteiger charge is -2.18. The van der Waals surface area contributed by atoms with E-state index in [9.17, 15) is 4.79 Å². The highest BCUT2D eigenvalue weighted by Crippen LogP contribution is 2.15. The van der Waals surface area contributed by atoms with Crippen LogP contribution in [0, 0.1) is 0 Å². The lowest BCUT2D eigenvalue weighted by molar-refractivity contribution is -0.130. The first-order valence-electron chi connectivity index (χ1n) is 7.57. The monoisotopic (exact) mass is 285 g/mol. The van der Waals surface area contributed by atoms with Gasteiger partial charge in [0.2, 0.25) is 5.91 Å². The summed E-state index contributed by atoms with van der Waals surface area (Å²) in [7, 11) is 0. The van der Waals surface area contributed by atoms with Crippen LogP contribution in [0.3, 0.4) is 0 Å². The molecule has 2 rings (SSSR count). The Bertz CT molecular complexity index is 588. The van der Waals surface area contributed by atoms with Crippen molar-refractivity contribution in [3.8, 4) is 0 Å². The molecule has 0 aliphatic rings. The molecule has 0 unspecified atom stereocenters. The molecule has 0 radical (unpaired) electrons. The third kappa shape index (κ3) is 4.02. The molecule has 2 aromatic rings. The molecule has 0 spiro atoms. The van der Waals surface area contributed by atoms with E-state index in [2.05, 4.69) is 28.5 Å². The molecule has 0 bridgehead atoms. The lowest BCUT2D eigenvalue weighted by Crippen LogP contribution is -2.32. The fourth-order valence-corrected chi connectivity index (χ4v) is 2.46. The highest BCUT2D eigenvalue weighted by atomic mass is 16.2. The molecular formula is C17H23N3O. The van der Waals surface area contributed by atoms with Crippen molar-refractivity contribution in [2.75, 3.05) is 19.6 Å². The van der Waals surface area contributed by atoms with Crippen molar-refractivity contribution in [2.24, 2.45) is 0 Å². The van der Waals surface area contributed by atoms with Gasteiger partial charge in [-0.2, -0.15) is 0 Å². The molecule has 1 N–H and O–H groups in total. The third-order valence-corrected chi connectivity index (χ3v) is 3.66. The maximum Gasteiger partial charge on any atom is 0.223 e. The molecule has 1 amide bonds. The Balaban J connectivity index is 1.87. The first kappa shape index (κ1) is 15.4. The highest BCUT2D eigenvalue weighted by Gasteiger charge is 2.08. The number of benzene rings is 1. The molecule has 0 saturated carbocycles. The third-order valence-electron chi connectivity index (χ3n) is 3.66. The summed E-state index contributed by atoms with van der Waals surface area (Å²) in [6.07, 6.45) is 2.36. The maximum atomic E-state index is 11.9. The quantitative estimate of drug-likeness (QED) is 0.795. The van der Waals surface area contributed by atoms with Gasteiger partial charge in [0.15, 0.2) is 0 Å². The average molecular weight is 285 g/mol. The van der Waals surface area contributed by atoms with Crippen molar-refractivity contribution in [3.05, 3.63) is 42.1 Å². The van der Waals surface area contributed by atoms with Crippen LogP contribution in [0.15, 0.2) is 36.5 Å². The summed E-state index contributed by atoms with van der Waals surface area (Å²) in [5, 5.41) is 4.49. The molecule has 1 heterocycles. The summed E-state index contributed by atoms with van der Waals surface area (Å²) in [5.74, 6) is 0.212. The van der Waals surface area contributed by atoms with Gasteiger partial charge >= 0.3 is 0 Å². The van der Waals surface area contributed by atoms with Crippen molar-refractivity contribution in [1.82, 2.24) is 15.2 Å². The maximum absolute atomic E-state index is 11.9. The zero-order chi connectivity index (χ0) is 15.1. The number of nitrogens with one attached hydrogen (secondary N) is 1. The van der Waals surface area contributed by atoms with Crippen LogP contribution in [0.4, 0.5) is 0 Å². The van der Waals surface area contributed by atoms with E-state index in [-0.39, 0.29) is 5.91 Å². The van der Waals surface area contributed by atoms with Gasteiger partial charge in [0, 0.05) is 44.2 Å². The number of carbonyl (C=O) groups is 1. The molecule has 4 nitrogen and oxygen atoms in total. The first-order chi connectivity index (χ1) is 10.3. The van der Waals surface area contributed by atoms with Crippen molar-refractivity contribution in [2.45, 2.75) is 26.8 Å². The number of hydrogen-bond acceptors (Lipinski definition) is 3. The van der Waals surface area contributed by atoms with Gasteiger partial charge in [-0.3, -0.25) is 9.78 Å². The average Bonchev–Trinajstić information content (AvgIpc) is 2.53. The first-order valence-corrected chi connectivity index (χ1v) is 7.57. The number of pyridine rings is 1. The number of rotatable bonds is 7. The number of amides is 1. The van der Waals surface area contributed by atoms with Gasteiger partial charge in [-0.15, -0.1) is 0 Å². The Morgan fingerprint density at radius 1 is 1.19 bits per heavy atom. The summed E-state index contributed by atoms with van der Waals surface area (Å²) in [5.41, 5.74) is 2.20. The van der Waals surface area contributed by atoms with E-state index in [0.717, 1.165) is 30.5 Å². The summed E-state index contributed by atoms with van der Waals surface area (Å²) < 4.78 is 0. The van der Waals surface area contributed by atoms with Crippen LogP contribution in [-0.4, -0.2) is 35.4 Å². The van der Waals surface area contributed by atoms with Gasteiger partial charge < -0.3 is 10.2 Å². The van der Waals surface area contributed by atoms with Gasteiger partial charge in [-0.25, -0.2) is 0 Å². The zero-order valence-corrected chi connectivity index (χ0v) is 12.8. The van der Waals surface area contributed by atoms with Crippen LogP contribution in [-0.2, 0) is 11.3 Å². The van der Waals surface area contributed by atoms with Crippen LogP contribution in [0.5, 0.6) is 0 Å². The smallest absolute Gasteiger partial charge is 0.223 e. The molecule has 4 heteroatoms. The standard InChI is InChI=1S/C17H23N3O/c1-3-20(4-2)16(21)10-12-18-13-15-8-5-7-14-9-6-11-19-17(14)15/h5-9,11,18H,3-4,10,12-13H2,1-2H3. The topological polar surface area (TPSA) is 45.2 Å². The number of nitrogens with zero attached hydrogens (tertiary/aromatic N) is 2. The second-order valence-corrected chi connectivity index (χ2v) is 4.99. The van der Waals surface area contributed by atoms with Gasteiger partial charge in [-0.1, -0.05) is 24.3 Å². The largest absolute Gasteiger partial charge is 0.343 e. The molecule has 1 aromatic heterocycles. The second kappa shape index (κ2) is 7.74. The molecule has 0 fully saturated rings. The lowest BCUT2D eigenvalue weighted by atomic mass is 10.1. The molecule has 0 aliphatic heterocycles. The van der Waals surface area contributed by atoms with Crippen molar-refractivity contribution >= 4 is 16.8 Å². The number of para-hydroxylation sites is 1. The van der Waals surface area contributed by atoms with Gasteiger partial charge in [0.1, 0.15) is 0 Å². The van der Waals surface area contributed by atoms with Crippen LogP contribution in [0.2, 0.25) is 0 Å². The highest BCUT2D eigenvalue weighted by molar-refractivity contribution is 5.81. The van der Waals surface area contributed by atoms with E-state index >= 15 is 0 Å². The molecule has 0 saturated heterocycles. The van der Waals surface area contributed by atoms with E-state index in [1.807, 2.05) is 37.1 Å². The molecule has 0 atom stereocenters. The minimum Gasteiger partial charge on any atom is -0.343 e. The van der Waals surface area contributed by atoms with E-state index in [1.165, 1.54) is 5.56 Å². The molecule has 21 heavy (non-hydrogen) atoms. The van der Waals surface area contributed by atoms with Gasteiger partial charge in [0.25, 0.3) is 0 Å². The van der Waals surface area contributed by atoms with Crippen LogP contribution in [0.1, 0.15) is 25.8 Å². The summed E-state index contributed by atoms with van der Waals surface area (Å²) in [6.45, 7) is 7.01. The van der Waals surface area contributed by atoms with E-state index < -0.39 is 0 Å². The zero-order valence-electron chi connectivity index (χ0n) is 12.8. The molecule has 0 aliphatic carbocycles. The Hall–Kier alpha value is -1.94. The number of carbonyl (C=O) groups excluding carboxylic acids is 1. The van der Waals surface area contributed by atoms with E-state index in [0.29, 0.717) is 13.0 Å².